The van der Waals surface area contributed by atoms with Crippen LogP contribution in [-0.2, 0) is 17.6 Å². The SMILES string of the molecule is CN(CCCCN)CCc1ccc2c(c1)CC(=O)N2. The molecular formula is C15H23N3O. The first kappa shape index (κ1) is 14.0. The molecule has 19 heavy (non-hydrogen) atoms. The molecule has 0 unspecified atom stereocenters. The number of nitrogens with one attached hydrogen (secondary N) is 1. The quantitative estimate of drug-likeness (QED) is 0.729. The van der Waals surface area contributed by atoms with E-state index in [0.29, 0.717) is 6.42 Å². The number of carbonyl (C=O) groups is 1. The Balaban J connectivity index is 1.80. The van der Waals surface area contributed by atoms with E-state index in [1.807, 2.05) is 6.07 Å². The maximum atomic E-state index is 11.3. The van der Waals surface area contributed by atoms with Gasteiger partial charge in [0.25, 0.3) is 0 Å². The van der Waals surface area contributed by atoms with Crippen molar-refractivity contribution in [3.8, 4) is 0 Å². The van der Waals surface area contributed by atoms with Crippen LogP contribution in [-0.4, -0.2) is 37.5 Å². The van der Waals surface area contributed by atoms with Crippen LogP contribution in [0.3, 0.4) is 0 Å². The van der Waals surface area contributed by atoms with Crippen LogP contribution in [0.1, 0.15) is 24.0 Å². The minimum Gasteiger partial charge on any atom is -0.330 e. The first-order valence-electron chi connectivity index (χ1n) is 6.99. The number of likely N-dealkylation sites (N-methyl/N-ethyl adjacent to an activating group) is 1. The van der Waals surface area contributed by atoms with Gasteiger partial charge in [-0.15, -0.1) is 0 Å². The smallest absolute Gasteiger partial charge is 0.228 e. The fraction of sp³-hybridized carbons (Fsp3) is 0.533. The van der Waals surface area contributed by atoms with E-state index >= 15 is 0 Å². The molecule has 4 nitrogen and oxygen atoms in total. The van der Waals surface area contributed by atoms with Gasteiger partial charge >= 0.3 is 0 Å². The zero-order valence-electron chi connectivity index (χ0n) is 11.6. The third-order valence-corrected chi connectivity index (χ3v) is 3.57. The molecule has 1 aromatic carbocycles. The van der Waals surface area contributed by atoms with E-state index in [1.54, 1.807) is 0 Å². The van der Waals surface area contributed by atoms with Crippen molar-refractivity contribution in [2.24, 2.45) is 5.73 Å². The Morgan fingerprint density at radius 2 is 2.16 bits per heavy atom. The van der Waals surface area contributed by atoms with Crippen LogP contribution >= 0.6 is 0 Å². The zero-order valence-corrected chi connectivity index (χ0v) is 11.6. The minimum absolute atomic E-state index is 0.103. The molecule has 1 aromatic rings. The van der Waals surface area contributed by atoms with Crippen molar-refractivity contribution in [2.45, 2.75) is 25.7 Å². The summed E-state index contributed by atoms with van der Waals surface area (Å²) < 4.78 is 0. The van der Waals surface area contributed by atoms with Gasteiger partial charge in [0.05, 0.1) is 6.42 Å². The second-order valence-electron chi connectivity index (χ2n) is 5.27. The number of carbonyl (C=O) groups excluding carboxylic acids is 1. The first-order chi connectivity index (χ1) is 9.19. The molecule has 1 heterocycles. The number of fused-ring (bicyclic) bond motifs is 1. The maximum absolute atomic E-state index is 11.3. The number of nitrogens with zero attached hydrogens (tertiary/aromatic N) is 1. The van der Waals surface area contributed by atoms with Crippen molar-refractivity contribution in [1.82, 2.24) is 4.90 Å². The summed E-state index contributed by atoms with van der Waals surface area (Å²) >= 11 is 0. The van der Waals surface area contributed by atoms with Gasteiger partial charge < -0.3 is 16.0 Å². The van der Waals surface area contributed by atoms with Crippen LogP contribution in [0.4, 0.5) is 5.69 Å². The Morgan fingerprint density at radius 1 is 1.32 bits per heavy atom. The van der Waals surface area contributed by atoms with Crippen LogP contribution in [0.25, 0.3) is 0 Å². The second kappa shape index (κ2) is 6.68. The lowest BCUT2D eigenvalue weighted by molar-refractivity contribution is -0.115. The van der Waals surface area contributed by atoms with Crippen molar-refractivity contribution in [3.63, 3.8) is 0 Å². The van der Waals surface area contributed by atoms with Gasteiger partial charge in [-0.05, 0) is 56.6 Å². The average molecular weight is 261 g/mol. The van der Waals surface area contributed by atoms with Crippen LogP contribution < -0.4 is 11.1 Å². The van der Waals surface area contributed by atoms with E-state index in [2.05, 4.69) is 29.4 Å². The molecule has 0 atom stereocenters. The standard InChI is InChI=1S/C15H23N3O/c1-18(8-3-2-7-16)9-6-12-4-5-14-13(10-12)11-15(19)17-14/h4-5,10H,2-3,6-9,11,16H2,1H3,(H,17,19). The van der Waals surface area contributed by atoms with Gasteiger partial charge in [-0.1, -0.05) is 12.1 Å². The van der Waals surface area contributed by atoms with Gasteiger partial charge in [-0.25, -0.2) is 0 Å². The maximum Gasteiger partial charge on any atom is 0.228 e. The molecule has 2 rings (SSSR count). The highest BCUT2D eigenvalue weighted by Crippen LogP contribution is 2.23. The van der Waals surface area contributed by atoms with E-state index in [0.717, 1.165) is 50.1 Å². The monoisotopic (exact) mass is 261 g/mol. The predicted molar refractivity (Wildman–Crippen MR) is 78.3 cm³/mol. The minimum atomic E-state index is 0.103. The van der Waals surface area contributed by atoms with Crippen molar-refractivity contribution in [2.75, 3.05) is 32.0 Å². The summed E-state index contributed by atoms with van der Waals surface area (Å²) in [5.74, 6) is 0.103. The highest BCUT2D eigenvalue weighted by Gasteiger charge is 2.17. The highest BCUT2D eigenvalue weighted by molar-refractivity contribution is 5.99. The fourth-order valence-electron chi connectivity index (χ4n) is 2.40. The number of nitrogens with two attached hydrogens (primary N) is 1. The van der Waals surface area contributed by atoms with E-state index in [-0.39, 0.29) is 5.91 Å². The van der Waals surface area contributed by atoms with Gasteiger partial charge in [-0.2, -0.15) is 0 Å². The molecule has 0 aromatic heterocycles. The number of anilines is 1. The Bertz CT molecular complexity index is 445. The zero-order chi connectivity index (χ0) is 13.7. The third kappa shape index (κ3) is 4.04. The van der Waals surface area contributed by atoms with Crippen molar-refractivity contribution >= 4 is 11.6 Å². The van der Waals surface area contributed by atoms with Crippen LogP contribution in [0.15, 0.2) is 18.2 Å². The Hall–Kier alpha value is -1.39. The van der Waals surface area contributed by atoms with E-state index in [9.17, 15) is 4.79 Å². The molecule has 0 radical (unpaired) electrons. The van der Waals surface area contributed by atoms with Crippen LogP contribution in [0.5, 0.6) is 0 Å². The van der Waals surface area contributed by atoms with Crippen LogP contribution in [0, 0.1) is 0 Å². The van der Waals surface area contributed by atoms with Gasteiger partial charge in [0, 0.05) is 12.2 Å². The van der Waals surface area contributed by atoms with Crippen LogP contribution in [0.2, 0.25) is 0 Å². The normalized spacial score (nSPS) is 13.7. The van der Waals surface area contributed by atoms with Gasteiger partial charge in [0.15, 0.2) is 0 Å². The van der Waals surface area contributed by atoms with Gasteiger partial charge in [0.1, 0.15) is 0 Å². The van der Waals surface area contributed by atoms with E-state index in [1.165, 1.54) is 5.56 Å². The molecule has 0 saturated carbocycles. The number of rotatable bonds is 7. The summed E-state index contributed by atoms with van der Waals surface area (Å²) in [5.41, 5.74) is 8.91. The van der Waals surface area contributed by atoms with Gasteiger partial charge in [-0.3, -0.25) is 4.79 Å². The number of benzene rings is 1. The molecule has 0 saturated heterocycles. The van der Waals surface area contributed by atoms with E-state index in [4.69, 9.17) is 5.73 Å². The average Bonchev–Trinajstić information content (AvgIpc) is 2.76. The molecule has 0 bridgehead atoms. The topological polar surface area (TPSA) is 58.4 Å². The number of hydrogen-bond donors (Lipinski definition) is 2. The highest BCUT2D eigenvalue weighted by atomic mass is 16.1. The Labute approximate surface area is 115 Å². The molecule has 0 aliphatic carbocycles. The van der Waals surface area contributed by atoms with Crippen molar-refractivity contribution < 1.29 is 4.79 Å². The summed E-state index contributed by atoms with van der Waals surface area (Å²) in [6.07, 6.45) is 3.81. The van der Waals surface area contributed by atoms with Crippen molar-refractivity contribution in [1.29, 1.82) is 0 Å². The number of hydrogen-bond acceptors (Lipinski definition) is 3. The number of unbranched alkanes of at least 4 members (excludes halogenated alkanes) is 1. The first-order valence-corrected chi connectivity index (χ1v) is 6.99. The molecule has 0 fully saturated rings. The predicted octanol–water partition coefficient (Wildman–Crippen LogP) is 1.39. The lowest BCUT2D eigenvalue weighted by atomic mass is 10.1. The Morgan fingerprint density at radius 3 is 2.95 bits per heavy atom. The summed E-state index contributed by atoms with van der Waals surface area (Å²) in [7, 11) is 2.15. The second-order valence-corrected chi connectivity index (χ2v) is 5.27. The van der Waals surface area contributed by atoms with Gasteiger partial charge in [0.2, 0.25) is 5.91 Å². The molecular weight excluding hydrogens is 238 g/mol. The summed E-state index contributed by atoms with van der Waals surface area (Å²) in [6.45, 7) is 2.92. The lowest BCUT2D eigenvalue weighted by Gasteiger charge is -2.16. The molecule has 104 valence electrons. The molecule has 1 aliphatic heterocycles. The third-order valence-electron chi connectivity index (χ3n) is 3.57. The largest absolute Gasteiger partial charge is 0.330 e. The Kier molecular flexibility index (Phi) is 4.93. The molecule has 3 N–H and O–H groups in total. The fourth-order valence-corrected chi connectivity index (χ4v) is 2.40. The molecule has 1 amide bonds. The molecule has 1 aliphatic rings. The van der Waals surface area contributed by atoms with E-state index < -0.39 is 0 Å². The summed E-state index contributed by atoms with van der Waals surface area (Å²) in [6, 6.07) is 6.28. The lowest BCUT2D eigenvalue weighted by Crippen LogP contribution is -2.23. The summed E-state index contributed by atoms with van der Waals surface area (Å²) in [5, 5.41) is 2.86. The molecule has 4 heteroatoms. The van der Waals surface area contributed by atoms with Crippen molar-refractivity contribution in [3.05, 3.63) is 29.3 Å². The summed E-state index contributed by atoms with van der Waals surface area (Å²) in [4.78, 5) is 13.6. The number of amides is 1. The molecule has 0 spiro atoms.